The monoisotopic (exact) mass is 567 g/mol. The minimum absolute atomic E-state index is 0.0937. The Balaban J connectivity index is 1.23. The number of nitrogens with zero attached hydrogens (tertiary/aromatic N) is 1. The molecule has 0 atom stereocenters. The summed E-state index contributed by atoms with van der Waals surface area (Å²) < 4.78 is 6.07. The molecule has 212 valence electrons. The zero-order valence-corrected chi connectivity index (χ0v) is 25.2. The van der Waals surface area contributed by atoms with Crippen LogP contribution in [-0.2, 0) is 5.41 Å². The summed E-state index contributed by atoms with van der Waals surface area (Å²) in [6.07, 6.45) is 0. The zero-order chi connectivity index (χ0) is 29.8. The molecule has 0 saturated carbocycles. The Bertz CT molecular complexity index is 2300. The van der Waals surface area contributed by atoms with Gasteiger partial charge in [-0.1, -0.05) is 112 Å². The lowest BCUT2D eigenvalue weighted by atomic mass is 9.87. The van der Waals surface area contributed by atoms with E-state index in [0.717, 1.165) is 39.0 Å². The van der Waals surface area contributed by atoms with Crippen LogP contribution in [0.25, 0.3) is 54.6 Å². The van der Waals surface area contributed by atoms with Gasteiger partial charge in [0.2, 0.25) is 0 Å². The third-order valence-electron chi connectivity index (χ3n) is 8.81. The van der Waals surface area contributed by atoms with Crippen LogP contribution in [0, 0.1) is 0 Å². The summed E-state index contributed by atoms with van der Waals surface area (Å²) in [5.41, 5.74) is 9.00. The van der Waals surface area contributed by atoms with Gasteiger partial charge in [0.1, 0.15) is 11.2 Å². The lowest BCUT2D eigenvalue weighted by molar-refractivity contribution is 0.590. The van der Waals surface area contributed by atoms with Gasteiger partial charge >= 0.3 is 0 Å². The molecule has 0 N–H and O–H groups in total. The van der Waals surface area contributed by atoms with Crippen LogP contribution in [0.5, 0.6) is 0 Å². The van der Waals surface area contributed by atoms with Crippen LogP contribution in [-0.4, -0.2) is 0 Å². The van der Waals surface area contributed by atoms with E-state index in [-0.39, 0.29) is 5.41 Å². The number of anilines is 3. The van der Waals surface area contributed by atoms with E-state index in [2.05, 4.69) is 159 Å². The van der Waals surface area contributed by atoms with Crippen molar-refractivity contribution >= 4 is 60.5 Å². The standard InChI is InChI=1S/C42H33NO/c1-42(2,3)32-17-21-34(22-18-32)43(35-23-24-37-31(26-35)13-12-29-8-4-5-9-36(29)37)33-19-14-28(15-20-33)30-16-25-41-39(27-30)38-10-6-7-11-40(38)44-41/h4-27H,1-3H3. The first-order chi connectivity index (χ1) is 21.4. The van der Waals surface area contributed by atoms with Gasteiger partial charge in [0, 0.05) is 27.8 Å². The Hall–Kier alpha value is -5.34. The average Bonchev–Trinajstić information content (AvgIpc) is 3.43. The summed E-state index contributed by atoms with van der Waals surface area (Å²) in [5.74, 6) is 0. The highest BCUT2D eigenvalue weighted by Crippen LogP contribution is 2.39. The van der Waals surface area contributed by atoms with E-state index in [1.807, 2.05) is 12.1 Å². The highest BCUT2D eigenvalue weighted by molar-refractivity contribution is 6.09. The van der Waals surface area contributed by atoms with Gasteiger partial charge in [0.15, 0.2) is 0 Å². The molecule has 0 saturated heterocycles. The average molecular weight is 568 g/mol. The second-order valence-corrected chi connectivity index (χ2v) is 12.7. The SMILES string of the molecule is CC(C)(C)c1ccc(N(c2ccc(-c3ccc4oc5ccccc5c4c3)cc2)c2ccc3c(ccc4ccccc43)c2)cc1. The number of rotatable bonds is 4. The fourth-order valence-electron chi connectivity index (χ4n) is 6.41. The summed E-state index contributed by atoms with van der Waals surface area (Å²) in [6.45, 7) is 6.78. The van der Waals surface area contributed by atoms with Crippen LogP contribution in [0.3, 0.4) is 0 Å². The van der Waals surface area contributed by atoms with Crippen LogP contribution in [0.4, 0.5) is 17.1 Å². The maximum Gasteiger partial charge on any atom is 0.135 e. The number of hydrogen-bond acceptors (Lipinski definition) is 2. The molecule has 0 amide bonds. The topological polar surface area (TPSA) is 16.4 Å². The molecule has 0 bridgehead atoms. The van der Waals surface area contributed by atoms with E-state index in [1.165, 1.54) is 38.2 Å². The second-order valence-electron chi connectivity index (χ2n) is 12.7. The first kappa shape index (κ1) is 26.3. The van der Waals surface area contributed by atoms with Crippen molar-refractivity contribution in [3.63, 3.8) is 0 Å². The molecule has 0 aliphatic heterocycles. The van der Waals surface area contributed by atoms with Crippen molar-refractivity contribution < 1.29 is 4.42 Å². The number of fused-ring (bicyclic) bond motifs is 6. The maximum atomic E-state index is 6.07. The lowest BCUT2D eigenvalue weighted by Gasteiger charge is -2.27. The smallest absolute Gasteiger partial charge is 0.135 e. The van der Waals surface area contributed by atoms with Gasteiger partial charge in [0.25, 0.3) is 0 Å². The van der Waals surface area contributed by atoms with Crippen molar-refractivity contribution in [3.8, 4) is 11.1 Å². The molecule has 0 unspecified atom stereocenters. The predicted molar refractivity (Wildman–Crippen MR) is 188 cm³/mol. The number of para-hydroxylation sites is 1. The molecule has 8 aromatic rings. The van der Waals surface area contributed by atoms with Crippen molar-refractivity contribution in [2.45, 2.75) is 26.2 Å². The van der Waals surface area contributed by atoms with Gasteiger partial charge in [-0.25, -0.2) is 0 Å². The summed E-state index contributed by atoms with van der Waals surface area (Å²) in [6, 6.07) is 52.5. The fourth-order valence-corrected chi connectivity index (χ4v) is 6.41. The van der Waals surface area contributed by atoms with Crippen molar-refractivity contribution in [3.05, 3.63) is 151 Å². The summed E-state index contributed by atoms with van der Waals surface area (Å²) in [4.78, 5) is 2.36. The molecule has 1 aromatic heterocycles. The van der Waals surface area contributed by atoms with Gasteiger partial charge in [-0.3, -0.25) is 0 Å². The van der Waals surface area contributed by atoms with Crippen molar-refractivity contribution in [1.29, 1.82) is 0 Å². The minimum Gasteiger partial charge on any atom is -0.456 e. The van der Waals surface area contributed by atoms with Crippen molar-refractivity contribution in [1.82, 2.24) is 0 Å². The molecule has 1 heterocycles. The minimum atomic E-state index is 0.0937. The molecule has 8 rings (SSSR count). The van der Waals surface area contributed by atoms with Gasteiger partial charge in [-0.15, -0.1) is 0 Å². The number of hydrogen-bond donors (Lipinski definition) is 0. The fraction of sp³-hybridized carbons (Fsp3) is 0.0952. The first-order valence-corrected chi connectivity index (χ1v) is 15.3. The molecule has 2 nitrogen and oxygen atoms in total. The maximum absolute atomic E-state index is 6.07. The van der Waals surface area contributed by atoms with Crippen LogP contribution in [0.2, 0.25) is 0 Å². The molecule has 0 aliphatic carbocycles. The normalized spacial score (nSPS) is 12.0. The van der Waals surface area contributed by atoms with Crippen LogP contribution >= 0.6 is 0 Å². The number of furan rings is 1. The summed E-state index contributed by atoms with van der Waals surface area (Å²) in [7, 11) is 0. The van der Waals surface area contributed by atoms with E-state index in [4.69, 9.17) is 4.42 Å². The van der Waals surface area contributed by atoms with Crippen molar-refractivity contribution in [2.75, 3.05) is 4.90 Å². The molecule has 7 aromatic carbocycles. The van der Waals surface area contributed by atoms with Crippen LogP contribution in [0.1, 0.15) is 26.3 Å². The van der Waals surface area contributed by atoms with Gasteiger partial charge in [-0.2, -0.15) is 0 Å². The lowest BCUT2D eigenvalue weighted by Crippen LogP contribution is -2.13. The third kappa shape index (κ3) is 4.51. The van der Waals surface area contributed by atoms with Crippen LogP contribution in [0.15, 0.2) is 150 Å². The van der Waals surface area contributed by atoms with E-state index in [1.54, 1.807) is 0 Å². The van der Waals surface area contributed by atoms with E-state index < -0.39 is 0 Å². The molecular weight excluding hydrogens is 534 g/mol. The van der Waals surface area contributed by atoms with Crippen LogP contribution < -0.4 is 4.90 Å². The highest BCUT2D eigenvalue weighted by atomic mass is 16.3. The summed E-state index contributed by atoms with van der Waals surface area (Å²) in [5, 5.41) is 7.34. The Morgan fingerprint density at radius 3 is 1.80 bits per heavy atom. The van der Waals surface area contributed by atoms with E-state index >= 15 is 0 Å². The summed E-state index contributed by atoms with van der Waals surface area (Å²) >= 11 is 0. The highest BCUT2D eigenvalue weighted by Gasteiger charge is 2.17. The second kappa shape index (κ2) is 10.1. The zero-order valence-electron chi connectivity index (χ0n) is 25.2. The molecule has 0 aliphatic rings. The van der Waals surface area contributed by atoms with Crippen molar-refractivity contribution in [2.24, 2.45) is 0 Å². The van der Waals surface area contributed by atoms with Gasteiger partial charge < -0.3 is 9.32 Å². The Morgan fingerprint density at radius 2 is 1.02 bits per heavy atom. The van der Waals surface area contributed by atoms with Gasteiger partial charge in [0.05, 0.1) is 0 Å². The largest absolute Gasteiger partial charge is 0.456 e. The predicted octanol–water partition coefficient (Wildman–Crippen LogP) is 12.3. The Labute approximate surface area is 257 Å². The molecule has 44 heavy (non-hydrogen) atoms. The third-order valence-corrected chi connectivity index (χ3v) is 8.81. The first-order valence-electron chi connectivity index (χ1n) is 15.3. The van der Waals surface area contributed by atoms with E-state index in [0.29, 0.717) is 0 Å². The molecule has 0 radical (unpaired) electrons. The quantitative estimate of drug-likeness (QED) is 0.197. The molecule has 2 heteroatoms. The van der Waals surface area contributed by atoms with E-state index in [9.17, 15) is 0 Å². The Morgan fingerprint density at radius 1 is 0.432 bits per heavy atom. The molecule has 0 spiro atoms. The molecule has 0 fully saturated rings. The van der Waals surface area contributed by atoms with Gasteiger partial charge in [-0.05, 0) is 98.2 Å². The molecular formula is C42H33NO. The Kier molecular flexibility index (Phi) is 6.06. The number of benzene rings is 7.